The van der Waals surface area contributed by atoms with Crippen LogP contribution in [0, 0.1) is 0 Å². The Hall–Kier alpha value is -1.26. The number of halogens is 1. The SMILES string of the molecule is COC(=O)Cc1cccc(OCCN)c1.Cl. The van der Waals surface area contributed by atoms with Gasteiger partial charge in [-0.1, -0.05) is 12.1 Å². The van der Waals surface area contributed by atoms with Crippen LogP contribution in [0.15, 0.2) is 24.3 Å². The lowest BCUT2D eigenvalue weighted by atomic mass is 10.1. The first-order chi connectivity index (χ1) is 7.26. The van der Waals surface area contributed by atoms with Crippen molar-refractivity contribution < 1.29 is 14.3 Å². The molecule has 0 bridgehead atoms. The molecule has 2 N–H and O–H groups in total. The third-order valence-electron chi connectivity index (χ3n) is 1.86. The molecule has 0 aliphatic carbocycles. The van der Waals surface area contributed by atoms with Gasteiger partial charge in [0.25, 0.3) is 0 Å². The first-order valence-corrected chi connectivity index (χ1v) is 4.75. The molecule has 1 aromatic carbocycles. The van der Waals surface area contributed by atoms with Crippen molar-refractivity contribution in [2.24, 2.45) is 5.73 Å². The fourth-order valence-corrected chi connectivity index (χ4v) is 1.16. The number of carbonyl (C=O) groups is 1. The van der Waals surface area contributed by atoms with E-state index in [1.54, 1.807) is 0 Å². The van der Waals surface area contributed by atoms with E-state index in [0.717, 1.165) is 11.3 Å². The molecule has 1 aromatic rings. The van der Waals surface area contributed by atoms with Crippen LogP contribution in [-0.2, 0) is 16.0 Å². The number of rotatable bonds is 5. The normalized spacial score (nSPS) is 9.12. The Morgan fingerprint density at radius 2 is 2.19 bits per heavy atom. The molecule has 4 nitrogen and oxygen atoms in total. The van der Waals surface area contributed by atoms with Crippen molar-refractivity contribution in [1.82, 2.24) is 0 Å². The van der Waals surface area contributed by atoms with Crippen LogP contribution in [0.2, 0.25) is 0 Å². The summed E-state index contributed by atoms with van der Waals surface area (Å²) in [6.07, 6.45) is 0.260. The molecule has 5 heteroatoms. The van der Waals surface area contributed by atoms with E-state index in [4.69, 9.17) is 10.5 Å². The lowest BCUT2D eigenvalue weighted by Crippen LogP contribution is -2.11. The highest BCUT2D eigenvalue weighted by molar-refractivity contribution is 5.85. The Labute approximate surface area is 101 Å². The number of ether oxygens (including phenoxy) is 2. The molecule has 0 spiro atoms. The minimum absolute atomic E-state index is 0. The molecule has 0 aliphatic heterocycles. The highest BCUT2D eigenvalue weighted by Gasteiger charge is 2.03. The molecule has 0 radical (unpaired) electrons. The zero-order valence-corrected chi connectivity index (χ0v) is 9.96. The van der Waals surface area contributed by atoms with Gasteiger partial charge in [0.2, 0.25) is 0 Å². The lowest BCUT2D eigenvalue weighted by Gasteiger charge is -2.06. The van der Waals surface area contributed by atoms with Crippen LogP contribution in [-0.4, -0.2) is 26.2 Å². The standard InChI is InChI=1S/C11H15NO3.ClH/c1-14-11(13)8-9-3-2-4-10(7-9)15-6-5-12;/h2-4,7H,5-6,8,12H2,1H3;1H. The topological polar surface area (TPSA) is 61.5 Å². The summed E-state index contributed by atoms with van der Waals surface area (Å²) in [4.78, 5) is 11.0. The number of methoxy groups -OCH3 is 1. The molecule has 0 amide bonds. The molecule has 16 heavy (non-hydrogen) atoms. The Bertz CT molecular complexity index is 331. The largest absolute Gasteiger partial charge is 0.492 e. The summed E-state index contributed by atoms with van der Waals surface area (Å²) in [7, 11) is 1.37. The van der Waals surface area contributed by atoms with E-state index in [9.17, 15) is 4.79 Å². The molecule has 0 saturated carbocycles. The highest BCUT2D eigenvalue weighted by atomic mass is 35.5. The Balaban J connectivity index is 0.00000225. The van der Waals surface area contributed by atoms with Crippen LogP contribution in [0.1, 0.15) is 5.56 Å². The average molecular weight is 246 g/mol. The van der Waals surface area contributed by atoms with Gasteiger partial charge in [-0.3, -0.25) is 4.79 Å². The van der Waals surface area contributed by atoms with Crippen LogP contribution in [0.5, 0.6) is 5.75 Å². The van der Waals surface area contributed by atoms with E-state index in [1.165, 1.54) is 7.11 Å². The van der Waals surface area contributed by atoms with E-state index in [-0.39, 0.29) is 24.8 Å². The smallest absolute Gasteiger partial charge is 0.309 e. The molecule has 0 unspecified atom stereocenters. The first-order valence-electron chi connectivity index (χ1n) is 4.75. The van der Waals surface area contributed by atoms with Crippen LogP contribution < -0.4 is 10.5 Å². The van der Waals surface area contributed by atoms with Crippen molar-refractivity contribution >= 4 is 18.4 Å². The molecule has 0 aromatic heterocycles. The van der Waals surface area contributed by atoms with Gasteiger partial charge >= 0.3 is 5.97 Å². The van der Waals surface area contributed by atoms with Gasteiger partial charge in [-0.15, -0.1) is 12.4 Å². The average Bonchev–Trinajstić information content (AvgIpc) is 2.26. The maximum Gasteiger partial charge on any atom is 0.309 e. The zero-order valence-electron chi connectivity index (χ0n) is 9.14. The van der Waals surface area contributed by atoms with Crippen LogP contribution in [0.4, 0.5) is 0 Å². The van der Waals surface area contributed by atoms with Crippen LogP contribution in [0.25, 0.3) is 0 Å². The molecular weight excluding hydrogens is 230 g/mol. The van der Waals surface area contributed by atoms with E-state index < -0.39 is 0 Å². The quantitative estimate of drug-likeness (QED) is 0.791. The number of esters is 1. The van der Waals surface area contributed by atoms with Gasteiger partial charge in [-0.2, -0.15) is 0 Å². The molecule has 0 fully saturated rings. The number of hydrogen-bond donors (Lipinski definition) is 1. The molecule has 0 atom stereocenters. The summed E-state index contributed by atoms with van der Waals surface area (Å²) in [5.41, 5.74) is 6.19. The summed E-state index contributed by atoms with van der Waals surface area (Å²) in [6.45, 7) is 0.947. The van der Waals surface area contributed by atoms with Crippen LogP contribution in [0.3, 0.4) is 0 Å². The van der Waals surface area contributed by atoms with Crippen LogP contribution >= 0.6 is 12.4 Å². The summed E-state index contributed by atoms with van der Waals surface area (Å²) < 4.78 is 9.91. The number of nitrogens with two attached hydrogens (primary N) is 1. The second kappa shape index (κ2) is 7.96. The third-order valence-corrected chi connectivity index (χ3v) is 1.86. The molecular formula is C11H16ClNO3. The summed E-state index contributed by atoms with van der Waals surface area (Å²) in [5, 5.41) is 0. The lowest BCUT2D eigenvalue weighted by molar-refractivity contribution is -0.139. The number of carbonyl (C=O) groups excluding carboxylic acids is 1. The predicted octanol–water partition coefficient (Wildman–Crippen LogP) is 1.16. The van der Waals surface area contributed by atoms with Gasteiger partial charge in [0.1, 0.15) is 12.4 Å². The highest BCUT2D eigenvalue weighted by Crippen LogP contribution is 2.13. The Morgan fingerprint density at radius 3 is 2.81 bits per heavy atom. The second-order valence-corrected chi connectivity index (χ2v) is 3.04. The zero-order chi connectivity index (χ0) is 11.1. The summed E-state index contributed by atoms with van der Waals surface area (Å²) in [6, 6.07) is 7.33. The Morgan fingerprint density at radius 1 is 1.44 bits per heavy atom. The van der Waals surface area contributed by atoms with E-state index in [1.807, 2.05) is 24.3 Å². The summed E-state index contributed by atoms with van der Waals surface area (Å²) >= 11 is 0. The van der Waals surface area contributed by atoms with E-state index in [0.29, 0.717) is 13.2 Å². The van der Waals surface area contributed by atoms with Gasteiger partial charge < -0.3 is 15.2 Å². The number of hydrogen-bond acceptors (Lipinski definition) is 4. The van der Waals surface area contributed by atoms with E-state index >= 15 is 0 Å². The van der Waals surface area contributed by atoms with Gasteiger partial charge in [0.15, 0.2) is 0 Å². The van der Waals surface area contributed by atoms with Crippen molar-refractivity contribution in [3.05, 3.63) is 29.8 Å². The van der Waals surface area contributed by atoms with Gasteiger partial charge in [-0.25, -0.2) is 0 Å². The maximum absolute atomic E-state index is 11.0. The number of benzene rings is 1. The molecule has 0 aliphatic rings. The minimum atomic E-state index is -0.258. The van der Waals surface area contributed by atoms with Crippen molar-refractivity contribution in [3.8, 4) is 5.75 Å². The monoisotopic (exact) mass is 245 g/mol. The molecule has 90 valence electrons. The second-order valence-electron chi connectivity index (χ2n) is 3.04. The molecule has 0 saturated heterocycles. The fourth-order valence-electron chi connectivity index (χ4n) is 1.16. The van der Waals surface area contributed by atoms with Crippen molar-refractivity contribution in [1.29, 1.82) is 0 Å². The summed E-state index contributed by atoms with van der Waals surface area (Å²) in [5.74, 6) is 0.466. The Kier molecular flexibility index (Phi) is 7.33. The van der Waals surface area contributed by atoms with Gasteiger partial charge in [0.05, 0.1) is 13.5 Å². The first kappa shape index (κ1) is 14.7. The molecule has 0 heterocycles. The predicted molar refractivity (Wildman–Crippen MR) is 64.0 cm³/mol. The van der Waals surface area contributed by atoms with Gasteiger partial charge in [0, 0.05) is 6.54 Å². The van der Waals surface area contributed by atoms with Crippen molar-refractivity contribution in [3.63, 3.8) is 0 Å². The van der Waals surface area contributed by atoms with Crippen molar-refractivity contribution in [2.75, 3.05) is 20.3 Å². The fraction of sp³-hybridized carbons (Fsp3) is 0.364. The minimum Gasteiger partial charge on any atom is -0.492 e. The maximum atomic E-state index is 11.0. The van der Waals surface area contributed by atoms with Gasteiger partial charge in [-0.05, 0) is 17.7 Å². The van der Waals surface area contributed by atoms with E-state index in [2.05, 4.69) is 4.74 Å². The third kappa shape index (κ3) is 5.00. The van der Waals surface area contributed by atoms with Crippen molar-refractivity contribution in [2.45, 2.75) is 6.42 Å². The molecule has 1 rings (SSSR count).